The highest BCUT2D eigenvalue weighted by atomic mass is 19.4. The van der Waals surface area contributed by atoms with Gasteiger partial charge in [0.25, 0.3) is 5.91 Å². The molecule has 0 aromatic heterocycles. The summed E-state index contributed by atoms with van der Waals surface area (Å²) in [6, 6.07) is 4.33. The highest BCUT2D eigenvalue weighted by Gasteiger charge is 2.30. The molecule has 1 aromatic rings. The molecule has 1 N–H and O–H groups in total. The van der Waals surface area contributed by atoms with E-state index >= 15 is 0 Å². The highest BCUT2D eigenvalue weighted by Crippen LogP contribution is 2.29. The van der Waals surface area contributed by atoms with Gasteiger partial charge in [-0.1, -0.05) is 26.7 Å². The van der Waals surface area contributed by atoms with Crippen LogP contribution in [0.15, 0.2) is 24.3 Å². The Kier molecular flexibility index (Phi) is 6.91. The summed E-state index contributed by atoms with van der Waals surface area (Å²) in [5.41, 5.74) is -0.487. The molecule has 124 valence electrons. The van der Waals surface area contributed by atoms with E-state index in [1.807, 2.05) is 6.92 Å². The van der Waals surface area contributed by atoms with Crippen molar-refractivity contribution < 1.29 is 18.0 Å². The van der Waals surface area contributed by atoms with Crippen molar-refractivity contribution in [2.75, 3.05) is 0 Å². The number of amides is 1. The van der Waals surface area contributed by atoms with Gasteiger partial charge in [-0.2, -0.15) is 13.2 Å². The van der Waals surface area contributed by atoms with Crippen molar-refractivity contribution in [1.82, 2.24) is 5.32 Å². The second-order valence-corrected chi connectivity index (χ2v) is 5.67. The number of halogens is 3. The maximum Gasteiger partial charge on any atom is 0.416 e. The van der Waals surface area contributed by atoms with Gasteiger partial charge in [0.1, 0.15) is 0 Å². The lowest BCUT2D eigenvalue weighted by Crippen LogP contribution is -2.38. The number of benzene rings is 1. The summed E-state index contributed by atoms with van der Waals surface area (Å²) in [7, 11) is 0. The van der Waals surface area contributed by atoms with E-state index in [0.29, 0.717) is 5.92 Å². The molecule has 2 nitrogen and oxygen atoms in total. The van der Waals surface area contributed by atoms with Gasteiger partial charge in [0.05, 0.1) is 5.56 Å². The van der Waals surface area contributed by atoms with E-state index in [2.05, 4.69) is 19.2 Å². The average Bonchev–Trinajstić information content (AvgIpc) is 2.46. The summed E-state index contributed by atoms with van der Waals surface area (Å²) >= 11 is 0. The third kappa shape index (κ3) is 5.35. The first kappa shape index (κ1) is 18.5. The van der Waals surface area contributed by atoms with Crippen LogP contribution in [0, 0.1) is 5.92 Å². The molecule has 0 heterocycles. The van der Waals surface area contributed by atoms with Gasteiger partial charge in [0.15, 0.2) is 0 Å². The van der Waals surface area contributed by atoms with Gasteiger partial charge in [0.2, 0.25) is 0 Å². The number of nitrogens with one attached hydrogen (secondary N) is 1. The topological polar surface area (TPSA) is 29.1 Å². The Morgan fingerprint density at radius 3 is 2.00 bits per heavy atom. The second-order valence-electron chi connectivity index (χ2n) is 5.67. The Labute approximate surface area is 130 Å². The Balaban J connectivity index is 2.71. The molecule has 0 saturated carbocycles. The molecule has 1 rings (SSSR count). The number of hydrogen-bond donors (Lipinski definition) is 1. The molecular formula is C17H24F3NO. The Morgan fingerprint density at radius 1 is 1.09 bits per heavy atom. The fourth-order valence-electron chi connectivity index (χ4n) is 2.60. The van der Waals surface area contributed by atoms with Crippen molar-refractivity contribution in [3.8, 4) is 0 Å². The highest BCUT2D eigenvalue weighted by molar-refractivity contribution is 5.94. The summed E-state index contributed by atoms with van der Waals surface area (Å²) in [6.07, 6.45) is -0.226. The molecule has 0 fully saturated rings. The van der Waals surface area contributed by atoms with Crippen molar-refractivity contribution in [3.63, 3.8) is 0 Å². The fourth-order valence-corrected chi connectivity index (χ4v) is 2.60. The van der Waals surface area contributed by atoms with E-state index in [9.17, 15) is 18.0 Å². The fraction of sp³-hybridized carbons (Fsp3) is 0.588. The zero-order chi connectivity index (χ0) is 16.8. The van der Waals surface area contributed by atoms with E-state index in [4.69, 9.17) is 0 Å². The number of rotatable bonds is 7. The van der Waals surface area contributed by atoms with Gasteiger partial charge in [-0.15, -0.1) is 0 Å². The van der Waals surface area contributed by atoms with Crippen LogP contribution in [-0.2, 0) is 6.18 Å². The molecule has 5 heteroatoms. The van der Waals surface area contributed by atoms with E-state index in [1.54, 1.807) is 0 Å². The van der Waals surface area contributed by atoms with Crippen LogP contribution < -0.4 is 5.32 Å². The van der Waals surface area contributed by atoms with Gasteiger partial charge in [-0.3, -0.25) is 4.79 Å². The molecule has 0 radical (unpaired) electrons. The van der Waals surface area contributed by atoms with Crippen LogP contribution in [0.4, 0.5) is 13.2 Å². The Hall–Kier alpha value is -1.52. The van der Waals surface area contributed by atoms with Gasteiger partial charge >= 0.3 is 6.18 Å². The normalized spacial score (nSPS) is 13.2. The van der Waals surface area contributed by atoms with Crippen LogP contribution >= 0.6 is 0 Å². The lowest BCUT2D eigenvalue weighted by atomic mass is 9.91. The number of carbonyl (C=O) groups excluding carboxylic acids is 1. The molecule has 1 amide bonds. The number of carbonyl (C=O) groups is 1. The SMILES string of the molecule is CCCC(CCC)C(C)NC(=O)c1ccc(C(F)(F)F)cc1. The minimum Gasteiger partial charge on any atom is -0.349 e. The average molecular weight is 315 g/mol. The van der Waals surface area contributed by atoms with Crippen molar-refractivity contribution in [2.24, 2.45) is 5.92 Å². The summed E-state index contributed by atoms with van der Waals surface area (Å²) in [4.78, 5) is 12.1. The van der Waals surface area contributed by atoms with Crippen molar-refractivity contribution in [1.29, 1.82) is 0 Å². The number of alkyl halides is 3. The predicted molar refractivity (Wildman–Crippen MR) is 81.7 cm³/mol. The molecule has 0 spiro atoms. The molecule has 22 heavy (non-hydrogen) atoms. The third-order valence-electron chi connectivity index (χ3n) is 3.86. The standard InChI is InChI=1S/C17H24F3NO/c1-4-6-13(7-5-2)12(3)21-16(22)14-8-10-15(11-9-14)17(18,19)20/h8-13H,4-7H2,1-3H3,(H,21,22). The lowest BCUT2D eigenvalue weighted by Gasteiger charge is -2.24. The van der Waals surface area contributed by atoms with E-state index in [-0.39, 0.29) is 17.5 Å². The van der Waals surface area contributed by atoms with Crippen LogP contribution in [0.25, 0.3) is 0 Å². The Morgan fingerprint density at radius 2 is 1.59 bits per heavy atom. The molecule has 0 aliphatic rings. The first-order valence-corrected chi connectivity index (χ1v) is 7.77. The number of hydrogen-bond acceptors (Lipinski definition) is 1. The molecule has 1 aromatic carbocycles. The van der Waals surface area contributed by atoms with Gasteiger partial charge in [-0.25, -0.2) is 0 Å². The van der Waals surface area contributed by atoms with Crippen LogP contribution in [-0.4, -0.2) is 11.9 Å². The first-order valence-electron chi connectivity index (χ1n) is 7.77. The second kappa shape index (κ2) is 8.20. The van der Waals surface area contributed by atoms with Gasteiger partial charge in [-0.05, 0) is 49.9 Å². The van der Waals surface area contributed by atoms with Crippen LogP contribution in [0.2, 0.25) is 0 Å². The van der Waals surface area contributed by atoms with E-state index in [1.165, 1.54) is 12.1 Å². The summed E-state index contributed by atoms with van der Waals surface area (Å²) < 4.78 is 37.5. The first-order chi connectivity index (χ1) is 10.3. The zero-order valence-corrected chi connectivity index (χ0v) is 13.3. The van der Waals surface area contributed by atoms with Crippen LogP contribution in [0.5, 0.6) is 0 Å². The van der Waals surface area contributed by atoms with Gasteiger partial charge in [0, 0.05) is 11.6 Å². The van der Waals surface area contributed by atoms with Crippen LogP contribution in [0.3, 0.4) is 0 Å². The smallest absolute Gasteiger partial charge is 0.349 e. The zero-order valence-electron chi connectivity index (χ0n) is 13.3. The predicted octanol–water partition coefficient (Wildman–Crippen LogP) is 5.04. The molecule has 0 bridgehead atoms. The van der Waals surface area contributed by atoms with E-state index in [0.717, 1.165) is 37.8 Å². The Bertz CT molecular complexity index is 462. The minimum atomic E-state index is -4.38. The van der Waals surface area contributed by atoms with Crippen LogP contribution in [0.1, 0.15) is 62.4 Å². The lowest BCUT2D eigenvalue weighted by molar-refractivity contribution is -0.137. The minimum absolute atomic E-state index is 0.00897. The van der Waals surface area contributed by atoms with Crippen molar-refractivity contribution in [2.45, 2.75) is 58.7 Å². The monoisotopic (exact) mass is 315 g/mol. The molecular weight excluding hydrogens is 291 g/mol. The molecule has 1 unspecified atom stereocenters. The van der Waals surface area contributed by atoms with Crippen molar-refractivity contribution in [3.05, 3.63) is 35.4 Å². The molecule has 0 saturated heterocycles. The summed E-state index contributed by atoms with van der Waals surface area (Å²) in [5.74, 6) is 0.0758. The maximum atomic E-state index is 12.5. The quantitative estimate of drug-likeness (QED) is 0.750. The van der Waals surface area contributed by atoms with Gasteiger partial charge < -0.3 is 5.32 Å². The van der Waals surface area contributed by atoms with E-state index < -0.39 is 11.7 Å². The molecule has 0 aliphatic heterocycles. The van der Waals surface area contributed by atoms with Crippen molar-refractivity contribution >= 4 is 5.91 Å². The third-order valence-corrected chi connectivity index (χ3v) is 3.86. The summed E-state index contributed by atoms with van der Waals surface area (Å²) in [6.45, 7) is 6.16. The summed E-state index contributed by atoms with van der Waals surface area (Å²) in [5, 5.41) is 2.90. The maximum absolute atomic E-state index is 12.5. The molecule has 1 atom stereocenters. The largest absolute Gasteiger partial charge is 0.416 e. The molecule has 0 aliphatic carbocycles.